The Morgan fingerprint density at radius 3 is 2.69 bits per heavy atom. The van der Waals surface area contributed by atoms with Crippen molar-refractivity contribution < 1.29 is 14.3 Å². The summed E-state index contributed by atoms with van der Waals surface area (Å²) >= 11 is 0. The molecule has 1 atom stereocenters. The van der Waals surface area contributed by atoms with Crippen LogP contribution < -0.4 is 0 Å². The lowest BCUT2D eigenvalue weighted by Crippen LogP contribution is -2.28. The van der Waals surface area contributed by atoms with E-state index in [0.29, 0.717) is 0 Å². The van der Waals surface area contributed by atoms with Crippen molar-refractivity contribution in [3.8, 4) is 0 Å². The SMILES string of the molecule is CCC(C)C(=O)OC1CCOCC1. The van der Waals surface area contributed by atoms with Crippen molar-refractivity contribution in [3.63, 3.8) is 0 Å². The van der Waals surface area contributed by atoms with Crippen molar-refractivity contribution in [1.29, 1.82) is 0 Å². The van der Waals surface area contributed by atoms with E-state index in [2.05, 4.69) is 0 Å². The summed E-state index contributed by atoms with van der Waals surface area (Å²) in [5.41, 5.74) is 0. The molecule has 3 heteroatoms. The first-order valence-corrected chi connectivity index (χ1v) is 5.02. The molecule has 0 spiro atoms. The van der Waals surface area contributed by atoms with Crippen molar-refractivity contribution in [1.82, 2.24) is 0 Å². The van der Waals surface area contributed by atoms with Crippen molar-refractivity contribution >= 4 is 5.97 Å². The van der Waals surface area contributed by atoms with Crippen molar-refractivity contribution in [3.05, 3.63) is 0 Å². The second-order valence-electron chi connectivity index (χ2n) is 3.56. The van der Waals surface area contributed by atoms with Crippen molar-refractivity contribution in [2.75, 3.05) is 13.2 Å². The van der Waals surface area contributed by atoms with E-state index in [9.17, 15) is 4.79 Å². The maximum absolute atomic E-state index is 11.4. The van der Waals surface area contributed by atoms with Gasteiger partial charge in [0.1, 0.15) is 6.10 Å². The second-order valence-corrected chi connectivity index (χ2v) is 3.56. The maximum Gasteiger partial charge on any atom is 0.308 e. The van der Waals surface area contributed by atoms with Crippen LogP contribution in [0.4, 0.5) is 0 Å². The molecule has 0 saturated carbocycles. The number of hydrogen-bond donors (Lipinski definition) is 0. The minimum Gasteiger partial charge on any atom is -0.462 e. The van der Waals surface area contributed by atoms with Gasteiger partial charge in [-0.15, -0.1) is 0 Å². The van der Waals surface area contributed by atoms with Crippen molar-refractivity contribution in [2.45, 2.75) is 39.2 Å². The fourth-order valence-corrected chi connectivity index (χ4v) is 1.24. The molecule has 1 rings (SSSR count). The number of carbonyl (C=O) groups excluding carboxylic acids is 1. The number of carbonyl (C=O) groups is 1. The van der Waals surface area contributed by atoms with Gasteiger partial charge in [0, 0.05) is 12.8 Å². The molecule has 3 nitrogen and oxygen atoms in total. The van der Waals surface area contributed by atoms with Gasteiger partial charge in [-0.2, -0.15) is 0 Å². The molecular weight excluding hydrogens is 168 g/mol. The summed E-state index contributed by atoms with van der Waals surface area (Å²) in [5, 5.41) is 0. The van der Waals surface area contributed by atoms with Gasteiger partial charge in [-0.3, -0.25) is 4.79 Å². The van der Waals surface area contributed by atoms with E-state index in [1.54, 1.807) is 0 Å². The Labute approximate surface area is 79.4 Å². The van der Waals surface area contributed by atoms with E-state index < -0.39 is 0 Å². The summed E-state index contributed by atoms with van der Waals surface area (Å²) < 4.78 is 10.5. The van der Waals surface area contributed by atoms with Gasteiger partial charge >= 0.3 is 5.97 Å². The molecule has 1 fully saturated rings. The van der Waals surface area contributed by atoms with E-state index in [-0.39, 0.29) is 18.0 Å². The summed E-state index contributed by atoms with van der Waals surface area (Å²) in [5.74, 6) is -0.0303. The maximum atomic E-state index is 11.4. The molecule has 1 heterocycles. The van der Waals surface area contributed by atoms with Gasteiger partial charge in [0.25, 0.3) is 0 Å². The zero-order valence-electron chi connectivity index (χ0n) is 8.41. The zero-order chi connectivity index (χ0) is 9.68. The van der Waals surface area contributed by atoms with Gasteiger partial charge in [0.2, 0.25) is 0 Å². The highest BCUT2D eigenvalue weighted by atomic mass is 16.6. The Hall–Kier alpha value is -0.570. The molecule has 0 radical (unpaired) electrons. The molecular formula is C10H18O3. The van der Waals surface area contributed by atoms with Crippen LogP contribution in [0.1, 0.15) is 33.1 Å². The molecule has 0 bridgehead atoms. The quantitative estimate of drug-likeness (QED) is 0.630. The molecule has 1 aliphatic heterocycles. The van der Waals surface area contributed by atoms with Crippen LogP contribution in [0.15, 0.2) is 0 Å². The predicted octanol–water partition coefficient (Wildman–Crippen LogP) is 1.75. The summed E-state index contributed by atoms with van der Waals surface area (Å²) in [7, 11) is 0. The van der Waals surface area contributed by atoms with Crippen molar-refractivity contribution in [2.24, 2.45) is 5.92 Å². The van der Waals surface area contributed by atoms with Crippen LogP contribution in [0.3, 0.4) is 0 Å². The summed E-state index contributed by atoms with van der Waals surface area (Å²) in [6.45, 7) is 5.34. The fraction of sp³-hybridized carbons (Fsp3) is 0.900. The Morgan fingerprint density at radius 2 is 2.15 bits per heavy atom. The average Bonchev–Trinajstić information content (AvgIpc) is 2.18. The third kappa shape index (κ3) is 3.35. The van der Waals surface area contributed by atoms with E-state index in [1.165, 1.54) is 0 Å². The molecule has 0 N–H and O–H groups in total. The summed E-state index contributed by atoms with van der Waals surface area (Å²) in [6, 6.07) is 0. The third-order valence-corrected chi connectivity index (χ3v) is 2.47. The lowest BCUT2D eigenvalue weighted by Gasteiger charge is -2.23. The molecule has 0 aromatic rings. The Kier molecular flexibility index (Phi) is 4.22. The molecule has 0 amide bonds. The largest absolute Gasteiger partial charge is 0.462 e. The first-order valence-electron chi connectivity index (χ1n) is 5.02. The van der Waals surface area contributed by atoms with Crippen LogP contribution in [-0.4, -0.2) is 25.3 Å². The smallest absolute Gasteiger partial charge is 0.308 e. The van der Waals surface area contributed by atoms with Crippen LogP contribution in [-0.2, 0) is 14.3 Å². The number of esters is 1. The highest BCUT2D eigenvalue weighted by Gasteiger charge is 2.20. The first-order chi connectivity index (χ1) is 6.24. The predicted molar refractivity (Wildman–Crippen MR) is 49.4 cm³/mol. The lowest BCUT2D eigenvalue weighted by atomic mass is 10.1. The summed E-state index contributed by atoms with van der Waals surface area (Å²) in [6.07, 6.45) is 2.64. The molecule has 1 aliphatic rings. The van der Waals surface area contributed by atoms with Gasteiger partial charge in [0.15, 0.2) is 0 Å². The summed E-state index contributed by atoms with van der Waals surface area (Å²) in [4.78, 5) is 11.4. The third-order valence-electron chi connectivity index (χ3n) is 2.47. The van der Waals surface area contributed by atoms with E-state index in [0.717, 1.165) is 32.5 Å². The topological polar surface area (TPSA) is 35.5 Å². The highest BCUT2D eigenvalue weighted by Crippen LogP contribution is 2.13. The average molecular weight is 186 g/mol. The Balaban J connectivity index is 2.26. The van der Waals surface area contributed by atoms with E-state index in [1.807, 2.05) is 13.8 Å². The minimum atomic E-state index is -0.0607. The number of hydrogen-bond acceptors (Lipinski definition) is 3. The van der Waals surface area contributed by atoms with E-state index >= 15 is 0 Å². The standard InChI is InChI=1S/C10H18O3/c1-3-8(2)10(11)13-9-4-6-12-7-5-9/h8-9H,3-7H2,1-2H3. The first kappa shape index (κ1) is 10.5. The van der Waals surface area contributed by atoms with Crippen LogP contribution in [0.5, 0.6) is 0 Å². The molecule has 76 valence electrons. The van der Waals surface area contributed by atoms with Gasteiger partial charge in [-0.05, 0) is 6.42 Å². The molecule has 1 unspecified atom stereocenters. The minimum absolute atomic E-state index is 0.0304. The fourth-order valence-electron chi connectivity index (χ4n) is 1.24. The molecule has 0 aliphatic carbocycles. The highest BCUT2D eigenvalue weighted by molar-refractivity contribution is 5.72. The zero-order valence-corrected chi connectivity index (χ0v) is 8.41. The Bertz CT molecular complexity index is 162. The van der Waals surface area contributed by atoms with Gasteiger partial charge < -0.3 is 9.47 Å². The number of ether oxygens (including phenoxy) is 2. The van der Waals surface area contributed by atoms with Crippen LogP contribution in [0.2, 0.25) is 0 Å². The van der Waals surface area contributed by atoms with Crippen LogP contribution >= 0.6 is 0 Å². The van der Waals surface area contributed by atoms with Crippen LogP contribution in [0.25, 0.3) is 0 Å². The van der Waals surface area contributed by atoms with Gasteiger partial charge in [0.05, 0.1) is 19.1 Å². The molecule has 0 aromatic carbocycles. The Morgan fingerprint density at radius 1 is 1.54 bits per heavy atom. The molecule has 0 aromatic heterocycles. The van der Waals surface area contributed by atoms with E-state index in [4.69, 9.17) is 9.47 Å². The van der Waals surface area contributed by atoms with Gasteiger partial charge in [-0.25, -0.2) is 0 Å². The lowest BCUT2D eigenvalue weighted by molar-refractivity contribution is -0.157. The normalized spacial score (nSPS) is 21.1. The van der Waals surface area contributed by atoms with Gasteiger partial charge in [-0.1, -0.05) is 13.8 Å². The second kappa shape index (κ2) is 5.22. The van der Waals surface area contributed by atoms with Crippen LogP contribution in [0, 0.1) is 5.92 Å². The monoisotopic (exact) mass is 186 g/mol. The number of rotatable bonds is 3. The molecule has 1 saturated heterocycles. The molecule has 13 heavy (non-hydrogen) atoms.